The molecule has 8 aromatic carbocycles. The zero-order chi connectivity index (χ0) is 36.0. The number of furan rings is 2. The highest BCUT2D eigenvalue weighted by molar-refractivity contribution is 7.25. The first-order chi connectivity index (χ1) is 27.2. The highest BCUT2D eigenvalue weighted by Gasteiger charge is 2.25. The lowest BCUT2D eigenvalue weighted by atomic mass is 9.98. The Labute approximate surface area is 318 Å². The molecule has 12 rings (SSSR count). The summed E-state index contributed by atoms with van der Waals surface area (Å²) in [7, 11) is 0. The standard InChI is InChI=1S/C49H29N3O2S/c1-2-10-29-25-31(20-19-28(29)9-1)47-50-48(32-21-23-36-35-12-4-6-18-43(35)55-44(36)27-32)52-49(51-47)38-15-8-17-42-45(38)37-14-7-13-33(46(37)54-42)30-22-24-41-39(26-30)34-11-3-5-16-40(34)53-41/h1-27,48H,(H,50,51,52). The van der Waals surface area contributed by atoms with E-state index in [-0.39, 0.29) is 6.17 Å². The summed E-state index contributed by atoms with van der Waals surface area (Å²) in [4.78, 5) is 10.6. The number of fused-ring (bicyclic) bond motifs is 10. The number of benzene rings is 8. The summed E-state index contributed by atoms with van der Waals surface area (Å²) in [6.45, 7) is 0. The maximum Gasteiger partial charge on any atom is 0.160 e. The maximum atomic E-state index is 6.76. The van der Waals surface area contributed by atoms with E-state index in [0.717, 1.165) is 82.9 Å². The third kappa shape index (κ3) is 4.78. The second kappa shape index (κ2) is 11.7. The van der Waals surface area contributed by atoms with Crippen LogP contribution in [0.25, 0.3) is 85.9 Å². The van der Waals surface area contributed by atoms with Gasteiger partial charge in [-0.05, 0) is 64.4 Å². The Balaban J connectivity index is 1.04. The van der Waals surface area contributed by atoms with Crippen LogP contribution < -0.4 is 5.32 Å². The molecule has 0 bridgehead atoms. The van der Waals surface area contributed by atoms with Gasteiger partial charge in [0.25, 0.3) is 0 Å². The SMILES string of the molecule is c1ccc2cc(C3=NC(c4cccc5oc6c(-c7ccc8oc9ccccc9c8c7)cccc6c45)=NC(c4ccc5c(c4)sc4ccccc45)N3)ccc2c1. The highest BCUT2D eigenvalue weighted by atomic mass is 32.1. The molecule has 0 spiro atoms. The van der Waals surface area contributed by atoms with Crippen LogP contribution in [-0.2, 0) is 0 Å². The molecule has 0 saturated carbocycles. The Morgan fingerprint density at radius 3 is 2.20 bits per heavy atom. The Morgan fingerprint density at radius 2 is 1.24 bits per heavy atom. The average Bonchev–Trinajstić information content (AvgIpc) is 3.94. The summed E-state index contributed by atoms with van der Waals surface area (Å²) < 4.78 is 15.4. The van der Waals surface area contributed by atoms with Gasteiger partial charge in [0.1, 0.15) is 34.3 Å². The number of nitrogens with zero attached hydrogens (tertiary/aromatic N) is 2. The average molecular weight is 724 g/mol. The van der Waals surface area contributed by atoms with Gasteiger partial charge in [0.05, 0.1) is 0 Å². The lowest BCUT2D eigenvalue weighted by Gasteiger charge is -2.24. The van der Waals surface area contributed by atoms with Gasteiger partial charge in [0.15, 0.2) is 5.84 Å². The number of hydrogen-bond donors (Lipinski definition) is 1. The zero-order valence-electron chi connectivity index (χ0n) is 29.3. The van der Waals surface area contributed by atoms with Crippen molar-refractivity contribution in [3.8, 4) is 11.1 Å². The molecule has 4 heterocycles. The van der Waals surface area contributed by atoms with Crippen LogP contribution in [0.2, 0.25) is 0 Å². The largest absolute Gasteiger partial charge is 0.456 e. The van der Waals surface area contributed by atoms with E-state index in [1.165, 1.54) is 25.6 Å². The smallest absolute Gasteiger partial charge is 0.160 e. The van der Waals surface area contributed by atoms with E-state index in [0.29, 0.717) is 5.84 Å². The van der Waals surface area contributed by atoms with Gasteiger partial charge in [-0.2, -0.15) is 0 Å². The third-order valence-corrected chi connectivity index (χ3v) is 12.1. The first-order valence-corrected chi connectivity index (χ1v) is 19.2. The van der Waals surface area contributed by atoms with E-state index in [1.54, 1.807) is 0 Å². The number of para-hydroxylation sites is 2. The predicted octanol–water partition coefficient (Wildman–Crippen LogP) is 13.2. The van der Waals surface area contributed by atoms with Crippen molar-refractivity contribution in [3.63, 3.8) is 0 Å². The molecule has 0 radical (unpaired) electrons. The van der Waals surface area contributed by atoms with E-state index in [2.05, 4.69) is 145 Å². The molecule has 5 nitrogen and oxygen atoms in total. The number of aliphatic imine (C=N–C) groups is 2. The topological polar surface area (TPSA) is 63.0 Å². The van der Waals surface area contributed by atoms with Gasteiger partial charge in [-0.1, -0.05) is 121 Å². The Bertz CT molecular complexity index is 3440. The van der Waals surface area contributed by atoms with Crippen LogP contribution >= 0.6 is 11.3 Å². The summed E-state index contributed by atoms with van der Waals surface area (Å²) >= 11 is 1.82. The van der Waals surface area contributed by atoms with Crippen molar-refractivity contribution in [2.24, 2.45) is 9.98 Å². The lowest BCUT2D eigenvalue weighted by molar-refractivity contribution is 0.668. The van der Waals surface area contributed by atoms with E-state index >= 15 is 0 Å². The molecule has 258 valence electrons. The first kappa shape index (κ1) is 30.4. The van der Waals surface area contributed by atoms with Crippen LogP contribution in [0.5, 0.6) is 0 Å². The summed E-state index contributed by atoms with van der Waals surface area (Å²) in [6, 6.07) is 57.4. The van der Waals surface area contributed by atoms with E-state index in [4.69, 9.17) is 18.8 Å². The monoisotopic (exact) mass is 723 g/mol. The van der Waals surface area contributed by atoms with Crippen molar-refractivity contribution >= 4 is 97.8 Å². The molecule has 3 aromatic heterocycles. The fourth-order valence-electron chi connectivity index (χ4n) is 8.29. The van der Waals surface area contributed by atoms with E-state index in [1.807, 2.05) is 35.6 Å². The Morgan fingerprint density at radius 1 is 0.491 bits per heavy atom. The van der Waals surface area contributed by atoms with Gasteiger partial charge in [0.2, 0.25) is 0 Å². The summed E-state index contributed by atoms with van der Waals surface area (Å²) in [5.41, 5.74) is 8.48. The number of amidine groups is 2. The normalized spacial score (nSPS) is 14.7. The van der Waals surface area contributed by atoms with Crippen molar-refractivity contribution in [2.45, 2.75) is 6.17 Å². The first-order valence-electron chi connectivity index (χ1n) is 18.4. The van der Waals surface area contributed by atoms with Crippen LogP contribution in [0.3, 0.4) is 0 Å². The molecular weight excluding hydrogens is 695 g/mol. The number of hydrogen-bond acceptors (Lipinski definition) is 6. The van der Waals surface area contributed by atoms with Crippen LogP contribution in [-0.4, -0.2) is 11.7 Å². The molecule has 1 aliphatic heterocycles. The summed E-state index contributed by atoms with van der Waals surface area (Å²) in [5, 5.41) is 12.8. The van der Waals surface area contributed by atoms with Crippen molar-refractivity contribution in [1.29, 1.82) is 0 Å². The van der Waals surface area contributed by atoms with Gasteiger partial charge in [0, 0.05) is 58.4 Å². The van der Waals surface area contributed by atoms with Gasteiger partial charge in [-0.25, -0.2) is 9.98 Å². The Hall–Kier alpha value is -7.02. The number of nitrogens with one attached hydrogen (secondary N) is 1. The van der Waals surface area contributed by atoms with Gasteiger partial charge >= 0.3 is 0 Å². The maximum absolute atomic E-state index is 6.76. The molecular formula is C49H29N3O2S. The second-order valence-corrected chi connectivity index (χ2v) is 15.2. The van der Waals surface area contributed by atoms with Crippen molar-refractivity contribution in [3.05, 3.63) is 180 Å². The molecule has 6 heteroatoms. The van der Waals surface area contributed by atoms with Gasteiger partial charge < -0.3 is 14.2 Å². The molecule has 11 aromatic rings. The third-order valence-electron chi connectivity index (χ3n) is 10.9. The molecule has 0 amide bonds. The van der Waals surface area contributed by atoms with Crippen LogP contribution in [0, 0.1) is 0 Å². The minimum atomic E-state index is -0.357. The Kier molecular flexibility index (Phi) is 6.50. The van der Waals surface area contributed by atoms with Crippen LogP contribution in [0.4, 0.5) is 0 Å². The molecule has 1 N–H and O–H groups in total. The fourth-order valence-corrected chi connectivity index (χ4v) is 9.45. The second-order valence-electron chi connectivity index (χ2n) is 14.1. The van der Waals surface area contributed by atoms with Crippen molar-refractivity contribution in [2.75, 3.05) is 0 Å². The van der Waals surface area contributed by atoms with Crippen LogP contribution in [0.15, 0.2) is 183 Å². The van der Waals surface area contributed by atoms with Crippen LogP contribution in [0.1, 0.15) is 22.9 Å². The van der Waals surface area contributed by atoms with Gasteiger partial charge in [-0.3, -0.25) is 0 Å². The molecule has 1 atom stereocenters. The molecule has 0 aliphatic carbocycles. The quantitative estimate of drug-likeness (QED) is 0.197. The van der Waals surface area contributed by atoms with Gasteiger partial charge in [-0.15, -0.1) is 11.3 Å². The van der Waals surface area contributed by atoms with E-state index in [9.17, 15) is 0 Å². The highest BCUT2D eigenvalue weighted by Crippen LogP contribution is 2.41. The zero-order valence-corrected chi connectivity index (χ0v) is 30.1. The molecule has 1 unspecified atom stereocenters. The molecule has 1 aliphatic rings. The minimum absolute atomic E-state index is 0.357. The molecule has 0 fully saturated rings. The minimum Gasteiger partial charge on any atom is -0.456 e. The fraction of sp³-hybridized carbons (Fsp3) is 0.0204. The summed E-state index contributed by atoms with van der Waals surface area (Å²) in [5.74, 6) is 1.44. The predicted molar refractivity (Wildman–Crippen MR) is 229 cm³/mol. The number of thiophene rings is 1. The number of rotatable bonds is 4. The molecule has 55 heavy (non-hydrogen) atoms. The van der Waals surface area contributed by atoms with Crippen molar-refractivity contribution < 1.29 is 8.83 Å². The van der Waals surface area contributed by atoms with E-state index < -0.39 is 0 Å². The van der Waals surface area contributed by atoms with Crippen molar-refractivity contribution in [1.82, 2.24) is 5.32 Å². The molecule has 0 saturated heterocycles. The lowest BCUT2D eigenvalue weighted by Crippen LogP contribution is -2.33. The summed E-state index contributed by atoms with van der Waals surface area (Å²) in [6.07, 6.45) is -0.357.